The number of allylic oxidation sites excluding steroid dienone is 1. The van der Waals surface area contributed by atoms with E-state index in [-0.39, 0.29) is 17.1 Å². The number of amides is 1. The molecule has 2 heterocycles. The summed E-state index contributed by atoms with van der Waals surface area (Å²) in [6, 6.07) is 20.0. The zero-order valence-electron chi connectivity index (χ0n) is 17.0. The van der Waals surface area contributed by atoms with Gasteiger partial charge in [0, 0.05) is 40.2 Å². The van der Waals surface area contributed by atoms with Gasteiger partial charge >= 0.3 is 0 Å². The molecule has 1 unspecified atom stereocenters. The predicted octanol–water partition coefficient (Wildman–Crippen LogP) is 5.15. The van der Waals surface area contributed by atoms with Crippen molar-refractivity contribution in [3.05, 3.63) is 83.1 Å². The van der Waals surface area contributed by atoms with Crippen LogP contribution in [0.4, 0.5) is 11.4 Å². The molecule has 30 heavy (non-hydrogen) atoms. The number of fused-ring (bicyclic) bond motifs is 7. The van der Waals surface area contributed by atoms with Crippen LogP contribution in [-0.2, 0) is 15.0 Å². The molecule has 148 valence electrons. The normalized spacial score (nSPS) is 23.7. The SMILES string of the molecule is CC1(C)CC(=O)C2=C(C1)Nc1ccccc1C21C(=O)Nc2ccc3ccccc3c21. The van der Waals surface area contributed by atoms with Gasteiger partial charge in [-0.25, -0.2) is 0 Å². The van der Waals surface area contributed by atoms with Crippen molar-refractivity contribution in [3.8, 4) is 0 Å². The second-order valence-corrected chi connectivity index (χ2v) is 9.38. The van der Waals surface area contributed by atoms with Gasteiger partial charge in [-0.3, -0.25) is 9.59 Å². The van der Waals surface area contributed by atoms with Crippen molar-refractivity contribution in [2.75, 3.05) is 10.6 Å². The Balaban J connectivity index is 1.79. The van der Waals surface area contributed by atoms with Crippen molar-refractivity contribution in [2.45, 2.75) is 32.1 Å². The Labute approximate surface area is 175 Å². The lowest BCUT2D eigenvalue weighted by molar-refractivity contribution is -0.123. The molecule has 3 aromatic carbocycles. The predicted molar refractivity (Wildman–Crippen MR) is 118 cm³/mol. The van der Waals surface area contributed by atoms with Crippen molar-refractivity contribution in [2.24, 2.45) is 5.41 Å². The van der Waals surface area contributed by atoms with Gasteiger partial charge in [0.05, 0.1) is 0 Å². The van der Waals surface area contributed by atoms with Crippen LogP contribution in [0.2, 0.25) is 0 Å². The number of rotatable bonds is 0. The molecule has 1 atom stereocenters. The van der Waals surface area contributed by atoms with Gasteiger partial charge in [0.1, 0.15) is 5.41 Å². The molecule has 0 aromatic heterocycles. The number of para-hydroxylation sites is 1. The third-order valence-corrected chi connectivity index (χ3v) is 6.76. The number of hydrogen-bond acceptors (Lipinski definition) is 3. The summed E-state index contributed by atoms with van der Waals surface area (Å²) >= 11 is 0. The molecule has 2 N–H and O–H groups in total. The summed E-state index contributed by atoms with van der Waals surface area (Å²) in [4.78, 5) is 27.5. The maximum atomic E-state index is 13.9. The Hall–Kier alpha value is -3.40. The zero-order chi connectivity index (χ0) is 20.7. The van der Waals surface area contributed by atoms with Crippen LogP contribution in [0, 0.1) is 5.41 Å². The fourth-order valence-electron chi connectivity index (χ4n) is 5.68. The first-order chi connectivity index (χ1) is 14.4. The topological polar surface area (TPSA) is 58.2 Å². The van der Waals surface area contributed by atoms with Gasteiger partial charge < -0.3 is 10.6 Å². The molecule has 3 aromatic rings. The largest absolute Gasteiger partial charge is 0.358 e. The lowest BCUT2D eigenvalue weighted by Gasteiger charge is -2.43. The first kappa shape index (κ1) is 17.5. The molecule has 2 aliphatic heterocycles. The Morgan fingerprint density at radius 1 is 0.800 bits per heavy atom. The second kappa shape index (κ2) is 5.60. The van der Waals surface area contributed by atoms with Crippen molar-refractivity contribution >= 4 is 33.8 Å². The highest BCUT2D eigenvalue weighted by atomic mass is 16.2. The van der Waals surface area contributed by atoms with Gasteiger partial charge in [-0.2, -0.15) is 0 Å². The maximum Gasteiger partial charge on any atom is 0.244 e. The van der Waals surface area contributed by atoms with Gasteiger partial charge in [-0.05, 0) is 34.7 Å². The Kier molecular flexibility index (Phi) is 3.26. The summed E-state index contributed by atoms with van der Waals surface area (Å²) in [7, 11) is 0. The van der Waals surface area contributed by atoms with Gasteiger partial charge in [-0.15, -0.1) is 0 Å². The van der Waals surface area contributed by atoms with Gasteiger partial charge in [0.2, 0.25) is 5.91 Å². The van der Waals surface area contributed by atoms with E-state index in [1.807, 2.05) is 48.5 Å². The third-order valence-electron chi connectivity index (χ3n) is 6.76. The molecular formula is C26H22N2O2. The quantitative estimate of drug-likeness (QED) is 0.555. The number of ketones is 1. The first-order valence-corrected chi connectivity index (χ1v) is 10.4. The zero-order valence-corrected chi connectivity index (χ0v) is 17.0. The van der Waals surface area contributed by atoms with E-state index in [4.69, 9.17) is 0 Å². The Bertz CT molecular complexity index is 1320. The number of hydrogen-bond donors (Lipinski definition) is 2. The number of benzene rings is 3. The van der Waals surface area contributed by atoms with E-state index in [0.29, 0.717) is 12.0 Å². The van der Waals surface area contributed by atoms with Crippen molar-refractivity contribution in [1.29, 1.82) is 0 Å². The minimum atomic E-state index is -1.12. The van der Waals surface area contributed by atoms with Gasteiger partial charge in [0.25, 0.3) is 0 Å². The molecule has 1 amide bonds. The molecule has 6 rings (SSSR count). The highest BCUT2D eigenvalue weighted by molar-refractivity contribution is 6.22. The first-order valence-electron chi connectivity index (χ1n) is 10.4. The van der Waals surface area contributed by atoms with Crippen LogP contribution in [0.25, 0.3) is 10.8 Å². The number of anilines is 2. The fraction of sp³-hybridized carbons (Fsp3) is 0.231. The average molecular weight is 394 g/mol. The highest BCUT2D eigenvalue weighted by Crippen LogP contribution is 2.58. The van der Waals surface area contributed by atoms with Crippen LogP contribution in [-0.4, -0.2) is 11.7 Å². The smallest absolute Gasteiger partial charge is 0.244 e. The molecule has 3 aliphatic rings. The maximum absolute atomic E-state index is 13.9. The van der Waals surface area contributed by atoms with Gasteiger partial charge in [-0.1, -0.05) is 62.4 Å². The molecule has 0 saturated carbocycles. The van der Waals surface area contributed by atoms with Crippen LogP contribution in [0.3, 0.4) is 0 Å². The minimum absolute atomic E-state index is 0.0548. The summed E-state index contributed by atoms with van der Waals surface area (Å²) in [6.07, 6.45) is 1.17. The van der Waals surface area contributed by atoms with Crippen LogP contribution in [0.15, 0.2) is 71.9 Å². The Morgan fingerprint density at radius 2 is 1.57 bits per heavy atom. The lowest BCUT2D eigenvalue weighted by Crippen LogP contribution is -2.47. The summed E-state index contributed by atoms with van der Waals surface area (Å²) in [6.45, 7) is 4.23. The fourth-order valence-corrected chi connectivity index (χ4v) is 5.68. The molecule has 4 heteroatoms. The third kappa shape index (κ3) is 2.06. The minimum Gasteiger partial charge on any atom is -0.358 e. The van der Waals surface area contributed by atoms with Crippen LogP contribution < -0.4 is 10.6 Å². The summed E-state index contributed by atoms with van der Waals surface area (Å²) in [5.74, 6) is -0.0810. The molecule has 1 spiro atoms. The van der Waals surface area contributed by atoms with E-state index in [1.165, 1.54) is 0 Å². The lowest BCUT2D eigenvalue weighted by atomic mass is 9.60. The van der Waals surface area contributed by atoms with Crippen molar-refractivity contribution < 1.29 is 9.59 Å². The van der Waals surface area contributed by atoms with Crippen LogP contribution in [0.5, 0.6) is 0 Å². The average Bonchev–Trinajstić information content (AvgIpc) is 2.99. The molecule has 0 fully saturated rings. The monoisotopic (exact) mass is 394 g/mol. The number of Topliss-reactive ketones (excluding diaryl/α,β-unsaturated/α-hetero) is 1. The van der Waals surface area contributed by atoms with Gasteiger partial charge in [0.15, 0.2) is 5.78 Å². The number of carbonyl (C=O) groups is 2. The summed E-state index contributed by atoms with van der Waals surface area (Å²) in [5.41, 5.74) is 3.68. The Morgan fingerprint density at radius 3 is 2.43 bits per heavy atom. The molecule has 0 radical (unpaired) electrons. The van der Waals surface area contributed by atoms with E-state index < -0.39 is 5.41 Å². The summed E-state index contributed by atoms with van der Waals surface area (Å²) in [5, 5.41) is 8.70. The van der Waals surface area contributed by atoms with Crippen molar-refractivity contribution in [3.63, 3.8) is 0 Å². The van der Waals surface area contributed by atoms with E-state index in [1.54, 1.807) is 0 Å². The van der Waals surface area contributed by atoms with Crippen LogP contribution >= 0.6 is 0 Å². The van der Waals surface area contributed by atoms with E-state index in [2.05, 4.69) is 36.6 Å². The van der Waals surface area contributed by atoms with E-state index in [9.17, 15) is 9.59 Å². The standard InChI is InChI=1S/C26H22N2O2/c1-25(2)13-20-23(21(29)14-25)26(17-9-5-6-10-18(17)27-20)22-16-8-4-3-7-15(16)11-12-19(22)28-24(26)30/h3-12,27H,13-14H2,1-2H3,(H,28,30). The number of nitrogens with one attached hydrogen (secondary N) is 2. The second-order valence-electron chi connectivity index (χ2n) is 9.38. The van der Waals surface area contributed by atoms with E-state index >= 15 is 0 Å². The molecule has 4 nitrogen and oxygen atoms in total. The highest BCUT2D eigenvalue weighted by Gasteiger charge is 2.58. The number of carbonyl (C=O) groups excluding carboxylic acids is 2. The molecular weight excluding hydrogens is 372 g/mol. The molecule has 0 saturated heterocycles. The molecule has 1 aliphatic carbocycles. The van der Waals surface area contributed by atoms with Crippen molar-refractivity contribution in [1.82, 2.24) is 0 Å². The van der Waals surface area contributed by atoms with E-state index in [0.717, 1.165) is 45.4 Å². The summed E-state index contributed by atoms with van der Waals surface area (Å²) < 4.78 is 0. The molecule has 0 bridgehead atoms. The van der Waals surface area contributed by atoms with Crippen LogP contribution in [0.1, 0.15) is 37.8 Å².